The van der Waals surface area contributed by atoms with Crippen molar-refractivity contribution in [3.63, 3.8) is 0 Å². The molecule has 0 aliphatic carbocycles. The van der Waals surface area contributed by atoms with Crippen LogP contribution < -0.4 is 10.7 Å². The summed E-state index contributed by atoms with van der Waals surface area (Å²) in [7, 11) is 1.87. The van der Waals surface area contributed by atoms with Crippen LogP contribution in [0.2, 0.25) is 0 Å². The van der Waals surface area contributed by atoms with Crippen molar-refractivity contribution in [3.8, 4) is 0 Å². The number of hydrogen-bond acceptors (Lipinski definition) is 3. The molecule has 25 heavy (non-hydrogen) atoms. The van der Waals surface area contributed by atoms with E-state index >= 15 is 0 Å². The molecule has 1 aliphatic heterocycles. The lowest BCUT2D eigenvalue weighted by Gasteiger charge is -2.20. The molecule has 134 valence electrons. The topological polar surface area (TPSA) is 54.3 Å². The highest BCUT2D eigenvalue weighted by Gasteiger charge is 2.25. The summed E-state index contributed by atoms with van der Waals surface area (Å²) in [6.45, 7) is 9.05. The number of aryl methyl sites for hydroxylation is 2. The number of hydrogen-bond donors (Lipinski definition) is 1. The Labute approximate surface area is 148 Å². The molecular formula is C20H27N3O2. The number of fused-ring (bicyclic) bond motifs is 1. The molecule has 0 saturated carbocycles. The minimum absolute atomic E-state index is 0.190. The molecule has 1 fully saturated rings. The molecule has 2 aromatic rings. The van der Waals surface area contributed by atoms with E-state index in [0.29, 0.717) is 23.9 Å². The fourth-order valence-corrected chi connectivity index (χ4v) is 3.60. The molecule has 0 spiro atoms. The first-order valence-electron chi connectivity index (χ1n) is 8.99. The number of carbonyl (C=O) groups is 1. The number of carbonyl (C=O) groups excluding carboxylic acids is 1. The molecule has 1 N–H and O–H groups in total. The third kappa shape index (κ3) is 3.61. The fraction of sp³-hybridized carbons (Fsp3) is 0.500. The van der Waals surface area contributed by atoms with Crippen molar-refractivity contribution in [2.75, 3.05) is 19.6 Å². The minimum Gasteiger partial charge on any atom is -0.352 e. The van der Waals surface area contributed by atoms with Crippen molar-refractivity contribution < 1.29 is 4.79 Å². The van der Waals surface area contributed by atoms with Crippen LogP contribution in [0.25, 0.3) is 10.9 Å². The Morgan fingerprint density at radius 2 is 2.12 bits per heavy atom. The van der Waals surface area contributed by atoms with E-state index in [-0.39, 0.29) is 16.9 Å². The SMILES string of the molecule is Cc1ccc2c(c1)c(=O)c(C(=O)NCC1CCN(C(C)C)C1)cn2C. The maximum atomic E-state index is 12.7. The molecule has 1 atom stereocenters. The molecule has 1 amide bonds. The Bertz CT molecular complexity index is 854. The molecule has 1 unspecified atom stereocenters. The average Bonchev–Trinajstić information content (AvgIpc) is 3.05. The second-order valence-electron chi connectivity index (χ2n) is 7.46. The lowest BCUT2D eigenvalue weighted by molar-refractivity contribution is 0.0945. The Kier molecular flexibility index (Phi) is 4.95. The predicted molar refractivity (Wildman–Crippen MR) is 101 cm³/mol. The normalized spacial score (nSPS) is 18.2. The largest absolute Gasteiger partial charge is 0.352 e. The monoisotopic (exact) mass is 341 g/mol. The quantitative estimate of drug-likeness (QED) is 0.928. The summed E-state index contributed by atoms with van der Waals surface area (Å²) in [5.74, 6) is 0.185. The number of nitrogens with one attached hydrogen (secondary N) is 1. The second-order valence-corrected chi connectivity index (χ2v) is 7.46. The molecule has 1 aliphatic rings. The van der Waals surface area contributed by atoms with Gasteiger partial charge in [0.25, 0.3) is 5.91 Å². The van der Waals surface area contributed by atoms with Gasteiger partial charge in [-0.3, -0.25) is 9.59 Å². The van der Waals surface area contributed by atoms with Crippen LogP contribution in [-0.4, -0.2) is 41.1 Å². The van der Waals surface area contributed by atoms with Gasteiger partial charge in [-0.25, -0.2) is 0 Å². The highest BCUT2D eigenvalue weighted by atomic mass is 16.2. The summed E-state index contributed by atoms with van der Waals surface area (Å²) in [6, 6.07) is 6.29. The standard InChI is InChI=1S/C20H27N3O2/c1-13(2)23-8-7-15(11-23)10-21-20(25)17-12-22(4)18-6-5-14(3)9-16(18)19(17)24/h5-6,9,12-13,15H,7-8,10-11H2,1-4H3,(H,21,25). The van der Waals surface area contributed by atoms with E-state index in [2.05, 4.69) is 24.1 Å². The van der Waals surface area contributed by atoms with Crippen LogP contribution in [-0.2, 0) is 7.05 Å². The van der Waals surface area contributed by atoms with Gasteiger partial charge in [0.05, 0.1) is 5.52 Å². The van der Waals surface area contributed by atoms with Crippen LogP contribution in [0.5, 0.6) is 0 Å². The van der Waals surface area contributed by atoms with Crippen LogP contribution in [0.3, 0.4) is 0 Å². The van der Waals surface area contributed by atoms with E-state index in [0.717, 1.165) is 30.6 Å². The summed E-state index contributed by atoms with van der Waals surface area (Å²) in [4.78, 5) is 27.7. The lowest BCUT2D eigenvalue weighted by Crippen LogP contribution is -2.35. The van der Waals surface area contributed by atoms with Crippen LogP contribution in [0.4, 0.5) is 0 Å². The van der Waals surface area contributed by atoms with Crippen LogP contribution in [0.1, 0.15) is 36.2 Å². The summed E-state index contributed by atoms with van der Waals surface area (Å²) in [6.07, 6.45) is 2.73. The summed E-state index contributed by atoms with van der Waals surface area (Å²) < 4.78 is 1.85. The lowest BCUT2D eigenvalue weighted by atomic mass is 10.1. The van der Waals surface area contributed by atoms with Gasteiger partial charge in [-0.05, 0) is 51.8 Å². The predicted octanol–water partition coefficient (Wildman–Crippen LogP) is 2.31. The third-order valence-corrected chi connectivity index (χ3v) is 5.19. The van der Waals surface area contributed by atoms with E-state index in [1.807, 2.05) is 36.7 Å². The molecule has 3 rings (SSSR count). The molecule has 0 radical (unpaired) electrons. The van der Waals surface area contributed by atoms with Gasteiger partial charge in [0.2, 0.25) is 5.43 Å². The van der Waals surface area contributed by atoms with Crippen LogP contribution in [0, 0.1) is 12.8 Å². The van der Waals surface area contributed by atoms with E-state index in [4.69, 9.17) is 0 Å². The van der Waals surface area contributed by atoms with Gasteiger partial charge in [-0.15, -0.1) is 0 Å². The van der Waals surface area contributed by atoms with Gasteiger partial charge in [0, 0.05) is 37.8 Å². The van der Waals surface area contributed by atoms with Crippen molar-refractivity contribution >= 4 is 16.8 Å². The maximum absolute atomic E-state index is 12.7. The van der Waals surface area contributed by atoms with Gasteiger partial charge in [0.1, 0.15) is 5.56 Å². The molecule has 0 bridgehead atoms. The van der Waals surface area contributed by atoms with Crippen molar-refractivity contribution in [2.24, 2.45) is 13.0 Å². The highest BCUT2D eigenvalue weighted by Crippen LogP contribution is 2.18. The smallest absolute Gasteiger partial charge is 0.256 e. The zero-order valence-corrected chi connectivity index (χ0v) is 15.5. The fourth-order valence-electron chi connectivity index (χ4n) is 3.60. The van der Waals surface area contributed by atoms with Crippen molar-refractivity contribution in [1.82, 2.24) is 14.8 Å². The molecule has 2 heterocycles. The first-order chi connectivity index (χ1) is 11.9. The Hall–Kier alpha value is -2.14. The number of nitrogens with zero attached hydrogens (tertiary/aromatic N) is 2. The van der Waals surface area contributed by atoms with Crippen LogP contribution in [0.15, 0.2) is 29.2 Å². The highest BCUT2D eigenvalue weighted by molar-refractivity contribution is 5.97. The van der Waals surface area contributed by atoms with Gasteiger partial charge >= 0.3 is 0 Å². The Morgan fingerprint density at radius 3 is 2.80 bits per heavy atom. The zero-order valence-electron chi connectivity index (χ0n) is 15.5. The van der Waals surface area contributed by atoms with E-state index < -0.39 is 0 Å². The van der Waals surface area contributed by atoms with Crippen molar-refractivity contribution in [1.29, 1.82) is 0 Å². The Morgan fingerprint density at radius 1 is 1.36 bits per heavy atom. The summed E-state index contributed by atoms with van der Waals surface area (Å²) in [5.41, 5.74) is 1.89. The molecule has 5 heteroatoms. The van der Waals surface area contributed by atoms with Crippen LogP contribution >= 0.6 is 0 Å². The second kappa shape index (κ2) is 7.00. The Balaban J connectivity index is 1.77. The zero-order chi connectivity index (χ0) is 18.1. The number of likely N-dealkylation sites (tertiary alicyclic amines) is 1. The van der Waals surface area contributed by atoms with E-state index in [1.54, 1.807) is 6.20 Å². The number of pyridine rings is 1. The summed E-state index contributed by atoms with van der Waals surface area (Å²) >= 11 is 0. The van der Waals surface area contributed by atoms with Gasteiger partial charge in [-0.1, -0.05) is 11.6 Å². The number of amides is 1. The minimum atomic E-state index is -0.271. The van der Waals surface area contributed by atoms with Gasteiger partial charge in [0.15, 0.2) is 0 Å². The summed E-state index contributed by atoms with van der Waals surface area (Å²) in [5, 5.41) is 3.57. The molecule has 1 aromatic heterocycles. The maximum Gasteiger partial charge on any atom is 0.256 e. The first kappa shape index (κ1) is 17.7. The molecular weight excluding hydrogens is 314 g/mol. The number of rotatable bonds is 4. The molecule has 1 aromatic carbocycles. The van der Waals surface area contributed by atoms with Crippen molar-refractivity contribution in [2.45, 2.75) is 33.2 Å². The molecule has 5 nitrogen and oxygen atoms in total. The van der Waals surface area contributed by atoms with Gasteiger partial charge < -0.3 is 14.8 Å². The average molecular weight is 341 g/mol. The number of aromatic nitrogens is 1. The number of benzene rings is 1. The van der Waals surface area contributed by atoms with E-state index in [1.165, 1.54) is 0 Å². The first-order valence-corrected chi connectivity index (χ1v) is 8.99. The van der Waals surface area contributed by atoms with Crippen molar-refractivity contribution in [3.05, 3.63) is 45.7 Å². The van der Waals surface area contributed by atoms with Gasteiger partial charge in [-0.2, -0.15) is 0 Å². The molecule has 1 saturated heterocycles. The third-order valence-electron chi connectivity index (χ3n) is 5.19. The van der Waals surface area contributed by atoms with E-state index in [9.17, 15) is 9.59 Å².